The summed E-state index contributed by atoms with van der Waals surface area (Å²) in [4.78, 5) is 2.56. The molecule has 0 radical (unpaired) electrons. The first-order valence-corrected chi connectivity index (χ1v) is 9.51. The van der Waals surface area contributed by atoms with E-state index in [1.807, 2.05) is 0 Å². The Morgan fingerprint density at radius 1 is 1.10 bits per heavy atom. The van der Waals surface area contributed by atoms with E-state index in [0.29, 0.717) is 12.0 Å². The quantitative estimate of drug-likeness (QED) is 0.821. The van der Waals surface area contributed by atoms with E-state index in [4.69, 9.17) is 0 Å². The fourth-order valence-corrected chi connectivity index (χ4v) is 5.28. The van der Waals surface area contributed by atoms with Gasteiger partial charge in [0.25, 0.3) is 0 Å². The number of piperidine rings is 1. The molecule has 20 heavy (non-hydrogen) atoms. The van der Waals surface area contributed by atoms with Crippen LogP contribution in [0.15, 0.2) is 0 Å². The Morgan fingerprint density at radius 3 is 2.40 bits per heavy atom. The summed E-state index contributed by atoms with van der Waals surface area (Å²) in [5, 5.41) is 3.37. The van der Waals surface area contributed by atoms with Crippen molar-refractivity contribution in [1.82, 2.24) is 14.5 Å². The Labute approximate surface area is 122 Å². The van der Waals surface area contributed by atoms with Gasteiger partial charge in [0.15, 0.2) is 0 Å². The Kier molecular flexibility index (Phi) is 4.36. The van der Waals surface area contributed by atoms with Crippen LogP contribution in [-0.2, 0) is 10.0 Å². The van der Waals surface area contributed by atoms with E-state index >= 15 is 0 Å². The van der Waals surface area contributed by atoms with E-state index in [1.54, 1.807) is 4.31 Å². The maximum atomic E-state index is 12.2. The van der Waals surface area contributed by atoms with Gasteiger partial charge in [0.1, 0.15) is 0 Å². The molecule has 1 N–H and O–H groups in total. The molecule has 0 aromatic carbocycles. The van der Waals surface area contributed by atoms with Gasteiger partial charge in [-0.15, -0.1) is 0 Å². The summed E-state index contributed by atoms with van der Waals surface area (Å²) < 4.78 is 26.2. The topological polar surface area (TPSA) is 52.6 Å². The Balaban J connectivity index is 1.48. The molecule has 1 saturated carbocycles. The molecular formula is C14H27N3O2S. The number of hydrogen-bond donors (Lipinski definition) is 1. The summed E-state index contributed by atoms with van der Waals surface area (Å²) in [6.45, 7) is 8.18. The van der Waals surface area contributed by atoms with E-state index in [-0.39, 0.29) is 5.25 Å². The fourth-order valence-electron chi connectivity index (χ4n) is 3.41. The van der Waals surface area contributed by atoms with Crippen molar-refractivity contribution in [2.45, 2.75) is 43.9 Å². The number of nitrogens with zero attached hydrogens (tertiary/aromatic N) is 2. The third-order valence-corrected chi connectivity index (χ3v) is 7.41. The number of hydrogen-bond acceptors (Lipinski definition) is 4. The lowest BCUT2D eigenvalue weighted by molar-refractivity contribution is 0.126. The monoisotopic (exact) mass is 301 g/mol. The minimum atomic E-state index is -2.95. The Hall–Kier alpha value is -0.170. The van der Waals surface area contributed by atoms with Crippen molar-refractivity contribution >= 4 is 10.0 Å². The van der Waals surface area contributed by atoms with E-state index < -0.39 is 10.0 Å². The highest BCUT2D eigenvalue weighted by Gasteiger charge is 2.41. The number of piperazine rings is 1. The molecule has 0 aromatic rings. The number of sulfonamides is 1. The summed E-state index contributed by atoms with van der Waals surface area (Å²) in [5.74, 6) is 0.668. The van der Waals surface area contributed by atoms with Crippen LogP contribution in [0.25, 0.3) is 0 Å². The molecule has 0 amide bonds. The summed E-state index contributed by atoms with van der Waals surface area (Å²) in [7, 11) is -2.95. The SMILES string of the molecule is C[C@H]1CNCCN1CC1CCN(S(=O)(=O)C2CC2)CC1. The molecule has 3 aliphatic rings. The summed E-state index contributed by atoms with van der Waals surface area (Å²) in [6.07, 6.45) is 3.81. The van der Waals surface area contributed by atoms with E-state index in [1.165, 1.54) is 0 Å². The van der Waals surface area contributed by atoms with E-state index in [2.05, 4.69) is 17.1 Å². The van der Waals surface area contributed by atoms with Crippen LogP contribution in [0.4, 0.5) is 0 Å². The van der Waals surface area contributed by atoms with Crippen molar-refractivity contribution in [2.75, 3.05) is 39.3 Å². The Morgan fingerprint density at radius 2 is 1.80 bits per heavy atom. The van der Waals surface area contributed by atoms with Crippen molar-refractivity contribution in [3.8, 4) is 0 Å². The van der Waals surface area contributed by atoms with Crippen molar-refractivity contribution in [3.63, 3.8) is 0 Å². The lowest BCUT2D eigenvalue weighted by atomic mass is 9.96. The predicted octanol–water partition coefficient (Wildman–Crippen LogP) is 0.484. The lowest BCUT2D eigenvalue weighted by Crippen LogP contribution is -2.52. The first-order chi connectivity index (χ1) is 9.57. The van der Waals surface area contributed by atoms with Gasteiger partial charge >= 0.3 is 0 Å². The van der Waals surface area contributed by atoms with E-state index in [0.717, 1.165) is 65.0 Å². The van der Waals surface area contributed by atoms with Gasteiger partial charge in [0, 0.05) is 45.3 Å². The molecule has 5 nitrogen and oxygen atoms in total. The standard InChI is InChI=1S/C14H27N3O2S/c1-12-10-15-6-9-16(12)11-13-4-7-17(8-5-13)20(18,19)14-2-3-14/h12-15H,2-11H2,1H3/t12-/m0/s1. The average molecular weight is 301 g/mol. The Bertz CT molecular complexity index is 428. The molecule has 3 fully saturated rings. The molecule has 2 heterocycles. The number of nitrogens with one attached hydrogen (secondary N) is 1. The molecule has 2 saturated heterocycles. The average Bonchev–Trinajstić information content (AvgIpc) is 3.27. The minimum Gasteiger partial charge on any atom is -0.314 e. The maximum Gasteiger partial charge on any atom is 0.216 e. The second kappa shape index (κ2) is 5.91. The van der Waals surface area contributed by atoms with Gasteiger partial charge in [0.2, 0.25) is 10.0 Å². The first-order valence-electron chi connectivity index (χ1n) is 8.01. The summed E-state index contributed by atoms with van der Waals surface area (Å²) >= 11 is 0. The smallest absolute Gasteiger partial charge is 0.216 e. The van der Waals surface area contributed by atoms with Gasteiger partial charge in [0.05, 0.1) is 5.25 Å². The van der Waals surface area contributed by atoms with Crippen LogP contribution in [0.2, 0.25) is 0 Å². The van der Waals surface area contributed by atoms with E-state index in [9.17, 15) is 8.42 Å². The summed E-state index contributed by atoms with van der Waals surface area (Å²) in [5.41, 5.74) is 0. The highest BCUT2D eigenvalue weighted by molar-refractivity contribution is 7.90. The molecule has 0 unspecified atom stereocenters. The second-order valence-electron chi connectivity index (χ2n) is 6.63. The largest absolute Gasteiger partial charge is 0.314 e. The van der Waals surface area contributed by atoms with Crippen molar-refractivity contribution in [2.24, 2.45) is 5.92 Å². The normalized spacial score (nSPS) is 31.6. The molecule has 116 valence electrons. The van der Waals surface area contributed by atoms with Crippen molar-refractivity contribution < 1.29 is 8.42 Å². The van der Waals surface area contributed by atoms with Gasteiger partial charge in [-0.1, -0.05) is 0 Å². The lowest BCUT2D eigenvalue weighted by Gasteiger charge is -2.39. The first kappa shape index (κ1) is 14.8. The zero-order valence-electron chi connectivity index (χ0n) is 12.4. The van der Waals surface area contributed by atoms with Gasteiger partial charge < -0.3 is 5.32 Å². The summed E-state index contributed by atoms with van der Waals surface area (Å²) in [6, 6.07) is 0.608. The van der Waals surface area contributed by atoms with Crippen molar-refractivity contribution in [3.05, 3.63) is 0 Å². The van der Waals surface area contributed by atoms with Crippen LogP contribution in [0.1, 0.15) is 32.6 Å². The highest BCUT2D eigenvalue weighted by Crippen LogP contribution is 2.33. The molecule has 1 aliphatic carbocycles. The van der Waals surface area contributed by atoms with Crippen LogP contribution in [0.3, 0.4) is 0 Å². The number of rotatable bonds is 4. The molecule has 0 bridgehead atoms. The minimum absolute atomic E-state index is 0.0489. The van der Waals surface area contributed by atoms with Crippen molar-refractivity contribution in [1.29, 1.82) is 0 Å². The third-order valence-electron chi connectivity index (χ3n) is 5.01. The van der Waals surface area contributed by atoms with Crippen LogP contribution >= 0.6 is 0 Å². The molecule has 0 spiro atoms. The molecule has 2 aliphatic heterocycles. The van der Waals surface area contributed by atoms with Gasteiger partial charge in [-0.25, -0.2) is 12.7 Å². The van der Waals surface area contributed by atoms with Gasteiger partial charge in [-0.2, -0.15) is 0 Å². The predicted molar refractivity (Wildman–Crippen MR) is 80.1 cm³/mol. The third kappa shape index (κ3) is 3.18. The van der Waals surface area contributed by atoms with Crippen LogP contribution in [-0.4, -0.2) is 68.2 Å². The van der Waals surface area contributed by atoms with Gasteiger partial charge in [-0.05, 0) is 38.5 Å². The zero-order chi connectivity index (χ0) is 14.2. The molecule has 6 heteroatoms. The van der Waals surface area contributed by atoms with Gasteiger partial charge in [-0.3, -0.25) is 4.90 Å². The molecular weight excluding hydrogens is 274 g/mol. The van der Waals surface area contributed by atoms with Crippen LogP contribution < -0.4 is 5.32 Å². The fraction of sp³-hybridized carbons (Fsp3) is 1.00. The maximum absolute atomic E-state index is 12.2. The van der Waals surface area contributed by atoms with Crippen LogP contribution in [0, 0.1) is 5.92 Å². The zero-order valence-corrected chi connectivity index (χ0v) is 13.2. The molecule has 1 atom stereocenters. The van der Waals surface area contributed by atoms with Crippen LogP contribution in [0.5, 0.6) is 0 Å². The molecule has 3 rings (SSSR count). The second-order valence-corrected chi connectivity index (χ2v) is 8.85. The highest BCUT2D eigenvalue weighted by atomic mass is 32.2. The molecule has 0 aromatic heterocycles.